The predicted octanol–water partition coefficient (Wildman–Crippen LogP) is 1.68. The number of aromatic nitrogens is 1. The number of carbonyl (C=O) groups is 1. The first-order valence-corrected chi connectivity index (χ1v) is 6.68. The van der Waals surface area contributed by atoms with Gasteiger partial charge in [-0.1, -0.05) is 0 Å². The second-order valence-electron chi connectivity index (χ2n) is 4.80. The Hall–Kier alpha value is -1.62. The molecule has 1 unspecified atom stereocenters. The molecule has 2 heterocycles. The molecular formula is C14H21N3O2. The lowest BCUT2D eigenvalue weighted by Crippen LogP contribution is -2.30. The number of hydrogen-bond acceptors (Lipinski definition) is 4. The Bertz CT molecular complexity index is 462. The van der Waals surface area contributed by atoms with Gasteiger partial charge < -0.3 is 15.0 Å². The van der Waals surface area contributed by atoms with Crippen molar-refractivity contribution in [3.05, 3.63) is 23.5 Å². The topological polar surface area (TPSA) is 54.5 Å². The van der Waals surface area contributed by atoms with Gasteiger partial charge >= 0.3 is 0 Å². The number of anilines is 1. The minimum absolute atomic E-state index is 0.0306. The van der Waals surface area contributed by atoms with E-state index in [1.165, 1.54) is 0 Å². The van der Waals surface area contributed by atoms with Crippen molar-refractivity contribution in [3.63, 3.8) is 0 Å². The third kappa shape index (κ3) is 3.04. The van der Waals surface area contributed by atoms with Crippen LogP contribution in [-0.4, -0.2) is 48.6 Å². The molecule has 0 aliphatic carbocycles. The Labute approximate surface area is 114 Å². The van der Waals surface area contributed by atoms with Gasteiger partial charge in [-0.25, -0.2) is 0 Å². The quantitative estimate of drug-likeness (QED) is 0.898. The number of hydrogen-bond donors (Lipinski definition) is 1. The zero-order valence-electron chi connectivity index (χ0n) is 11.8. The van der Waals surface area contributed by atoms with Crippen molar-refractivity contribution in [2.75, 3.05) is 32.1 Å². The van der Waals surface area contributed by atoms with Gasteiger partial charge in [0.05, 0.1) is 17.4 Å². The summed E-state index contributed by atoms with van der Waals surface area (Å²) in [6.07, 6.45) is 2.72. The van der Waals surface area contributed by atoms with E-state index in [4.69, 9.17) is 4.74 Å². The molecule has 1 aromatic heterocycles. The molecule has 1 amide bonds. The van der Waals surface area contributed by atoms with E-state index in [2.05, 4.69) is 10.3 Å². The fourth-order valence-electron chi connectivity index (χ4n) is 2.34. The molecule has 0 radical (unpaired) electrons. The van der Waals surface area contributed by atoms with E-state index in [9.17, 15) is 4.79 Å². The largest absolute Gasteiger partial charge is 0.385 e. The summed E-state index contributed by atoms with van der Waals surface area (Å²) in [6.45, 7) is 6.13. The van der Waals surface area contributed by atoms with Gasteiger partial charge in [0, 0.05) is 38.6 Å². The van der Waals surface area contributed by atoms with E-state index in [-0.39, 0.29) is 12.0 Å². The van der Waals surface area contributed by atoms with Crippen molar-refractivity contribution in [1.29, 1.82) is 0 Å². The molecule has 1 aliphatic rings. The first kappa shape index (κ1) is 13.8. The van der Waals surface area contributed by atoms with Crippen LogP contribution < -0.4 is 5.32 Å². The third-order valence-electron chi connectivity index (χ3n) is 3.40. The predicted molar refractivity (Wildman–Crippen MR) is 74.5 cm³/mol. The number of pyridine rings is 1. The van der Waals surface area contributed by atoms with Crippen LogP contribution in [0.2, 0.25) is 0 Å². The molecule has 19 heavy (non-hydrogen) atoms. The molecule has 1 fully saturated rings. The van der Waals surface area contributed by atoms with Crippen LogP contribution in [0.1, 0.15) is 29.4 Å². The van der Waals surface area contributed by atoms with Crippen molar-refractivity contribution in [2.45, 2.75) is 26.4 Å². The zero-order chi connectivity index (χ0) is 13.8. The minimum Gasteiger partial charge on any atom is -0.385 e. The highest BCUT2D eigenvalue weighted by molar-refractivity contribution is 5.99. The SMILES string of the molecule is CCNc1cc(C)ncc1C(=O)N1CCC(OC)C1. The molecule has 1 saturated heterocycles. The number of ether oxygens (including phenoxy) is 1. The van der Waals surface area contributed by atoms with Crippen LogP contribution in [0.15, 0.2) is 12.3 Å². The fourth-order valence-corrected chi connectivity index (χ4v) is 2.34. The lowest BCUT2D eigenvalue weighted by Gasteiger charge is -2.18. The van der Waals surface area contributed by atoms with Gasteiger partial charge in [0.25, 0.3) is 5.91 Å². The van der Waals surface area contributed by atoms with Crippen molar-refractivity contribution in [1.82, 2.24) is 9.88 Å². The molecule has 0 bridgehead atoms. The van der Waals surface area contributed by atoms with Crippen LogP contribution in [-0.2, 0) is 4.74 Å². The van der Waals surface area contributed by atoms with Crippen LogP contribution in [0, 0.1) is 6.92 Å². The maximum absolute atomic E-state index is 12.5. The molecule has 2 rings (SSSR count). The first-order chi connectivity index (χ1) is 9.15. The number of amides is 1. The molecule has 0 saturated carbocycles. The van der Waals surface area contributed by atoms with Crippen LogP contribution in [0.25, 0.3) is 0 Å². The van der Waals surface area contributed by atoms with E-state index in [0.29, 0.717) is 12.1 Å². The summed E-state index contributed by atoms with van der Waals surface area (Å²) in [4.78, 5) is 18.6. The minimum atomic E-state index is 0.0306. The molecule has 5 heteroatoms. The van der Waals surface area contributed by atoms with Crippen molar-refractivity contribution in [2.24, 2.45) is 0 Å². The lowest BCUT2D eigenvalue weighted by atomic mass is 10.2. The van der Waals surface area contributed by atoms with Crippen LogP contribution in [0.5, 0.6) is 0 Å². The summed E-state index contributed by atoms with van der Waals surface area (Å²) in [7, 11) is 1.69. The smallest absolute Gasteiger partial charge is 0.257 e. The molecule has 1 N–H and O–H groups in total. The maximum Gasteiger partial charge on any atom is 0.257 e. The van der Waals surface area contributed by atoms with E-state index >= 15 is 0 Å². The summed E-state index contributed by atoms with van der Waals surface area (Å²) >= 11 is 0. The highest BCUT2D eigenvalue weighted by Crippen LogP contribution is 2.21. The van der Waals surface area contributed by atoms with Gasteiger partial charge in [-0.15, -0.1) is 0 Å². The molecule has 0 aromatic carbocycles. The summed E-state index contributed by atoms with van der Waals surface area (Å²) in [5.41, 5.74) is 2.41. The molecule has 1 aliphatic heterocycles. The summed E-state index contributed by atoms with van der Waals surface area (Å²) in [5.74, 6) is 0.0306. The first-order valence-electron chi connectivity index (χ1n) is 6.68. The number of nitrogens with zero attached hydrogens (tertiary/aromatic N) is 2. The van der Waals surface area contributed by atoms with Crippen molar-refractivity contribution >= 4 is 11.6 Å². The molecule has 0 spiro atoms. The van der Waals surface area contributed by atoms with E-state index in [1.807, 2.05) is 24.8 Å². The molecule has 1 atom stereocenters. The average Bonchev–Trinajstić information content (AvgIpc) is 2.87. The van der Waals surface area contributed by atoms with Crippen LogP contribution in [0.3, 0.4) is 0 Å². The zero-order valence-corrected chi connectivity index (χ0v) is 11.8. The number of methoxy groups -OCH3 is 1. The second-order valence-corrected chi connectivity index (χ2v) is 4.80. The van der Waals surface area contributed by atoms with Gasteiger partial charge in [0.15, 0.2) is 0 Å². The summed E-state index contributed by atoms with van der Waals surface area (Å²) in [5, 5.41) is 3.23. The lowest BCUT2D eigenvalue weighted by molar-refractivity contribution is 0.0724. The highest BCUT2D eigenvalue weighted by atomic mass is 16.5. The Morgan fingerprint density at radius 2 is 2.42 bits per heavy atom. The Morgan fingerprint density at radius 1 is 1.63 bits per heavy atom. The average molecular weight is 263 g/mol. The Kier molecular flexibility index (Phi) is 4.37. The van der Waals surface area contributed by atoms with Gasteiger partial charge in [0.1, 0.15) is 0 Å². The number of rotatable bonds is 4. The van der Waals surface area contributed by atoms with Crippen LogP contribution in [0.4, 0.5) is 5.69 Å². The van der Waals surface area contributed by atoms with E-state index in [1.54, 1.807) is 13.3 Å². The van der Waals surface area contributed by atoms with Crippen LogP contribution >= 0.6 is 0 Å². The highest BCUT2D eigenvalue weighted by Gasteiger charge is 2.28. The number of likely N-dealkylation sites (tertiary alicyclic amines) is 1. The molecule has 104 valence electrons. The normalized spacial score (nSPS) is 18.7. The molecule has 1 aromatic rings. The second kappa shape index (κ2) is 6.02. The molecular weight excluding hydrogens is 242 g/mol. The maximum atomic E-state index is 12.5. The summed E-state index contributed by atoms with van der Waals surface area (Å²) in [6, 6.07) is 1.92. The number of carbonyl (C=O) groups excluding carboxylic acids is 1. The van der Waals surface area contributed by atoms with Crippen molar-refractivity contribution < 1.29 is 9.53 Å². The summed E-state index contributed by atoms with van der Waals surface area (Å²) < 4.78 is 5.30. The fraction of sp³-hybridized carbons (Fsp3) is 0.571. The number of aryl methyl sites for hydroxylation is 1. The standard InChI is InChI=1S/C14H21N3O2/c1-4-15-13-7-10(2)16-8-12(13)14(18)17-6-5-11(9-17)19-3/h7-8,11H,4-6,9H2,1-3H3,(H,15,16). The Morgan fingerprint density at radius 3 is 3.05 bits per heavy atom. The van der Waals surface area contributed by atoms with Gasteiger partial charge in [-0.05, 0) is 26.3 Å². The Balaban J connectivity index is 2.19. The van der Waals surface area contributed by atoms with Crippen molar-refractivity contribution in [3.8, 4) is 0 Å². The third-order valence-corrected chi connectivity index (χ3v) is 3.40. The van der Waals surface area contributed by atoms with Gasteiger partial charge in [-0.2, -0.15) is 0 Å². The monoisotopic (exact) mass is 263 g/mol. The molecule has 5 nitrogen and oxygen atoms in total. The van der Waals surface area contributed by atoms with Gasteiger partial charge in [0.2, 0.25) is 0 Å². The van der Waals surface area contributed by atoms with Gasteiger partial charge in [-0.3, -0.25) is 9.78 Å². The van der Waals surface area contributed by atoms with E-state index in [0.717, 1.165) is 30.9 Å². The van der Waals surface area contributed by atoms with E-state index < -0.39 is 0 Å². The number of nitrogens with one attached hydrogen (secondary N) is 1.